The zero-order valence-electron chi connectivity index (χ0n) is 10.1. The van der Waals surface area contributed by atoms with Gasteiger partial charge in [0.2, 0.25) is 0 Å². The van der Waals surface area contributed by atoms with Crippen LogP contribution >= 0.6 is 17.0 Å². The molecule has 1 rings (SSSR count). The van der Waals surface area contributed by atoms with E-state index in [4.69, 9.17) is 17.0 Å². The first-order valence-electron chi connectivity index (χ1n) is 5.07. The van der Waals surface area contributed by atoms with Gasteiger partial charge in [0.05, 0.1) is 0 Å². The minimum absolute atomic E-state index is 0.826. The number of hydrogen-bond acceptors (Lipinski definition) is 1. The molecular formula is C11H20Cl2N2Zr-. The molecule has 0 heterocycles. The summed E-state index contributed by atoms with van der Waals surface area (Å²) in [5, 5.41) is 6.79. The van der Waals surface area contributed by atoms with Crippen LogP contribution in [-0.4, -0.2) is 27.7 Å². The molecule has 5 radical (unpaired) electrons. The second-order valence-corrected chi connectivity index (χ2v) is 6.74. The summed E-state index contributed by atoms with van der Waals surface area (Å²) in [5.41, 5.74) is 0. The maximum atomic E-state index is 4.93. The van der Waals surface area contributed by atoms with E-state index in [1.54, 1.807) is 0 Å². The van der Waals surface area contributed by atoms with Gasteiger partial charge in [-0.25, -0.2) is 0 Å². The van der Waals surface area contributed by atoms with Gasteiger partial charge in [-0.3, -0.25) is 0 Å². The van der Waals surface area contributed by atoms with E-state index in [1.165, 1.54) is 18.8 Å². The molecule has 93 valence electrons. The summed E-state index contributed by atoms with van der Waals surface area (Å²) in [6.07, 6.45) is 10.8. The molecule has 5 heteroatoms. The van der Waals surface area contributed by atoms with Crippen LogP contribution in [0.1, 0.15) is 12.8 Å². The van der Waals surface area contributed by atoms with Crippen molar-refractivity contribution in [3.05, 3.63) is 36.9 Å². The minimum atomic E-state index is -0.826. The van der Waals surface area contributed by atoms with Gasteiger partial charge in [0, 0.05) is 0 Å². The van der Waals surface area contributed by atoms with Crippen molar-refractivity contribution < 1.29 is 20.8 Å². The molecule has 0 aromatic heterocycles. The average Bonchev–Trinajstić information content (AvgIpc) is 2.73. The van der Waals surface area contributed by atoms with Crippen molar-refractivity contribution in [1.82, 2.24) is 5.32 Å². The molecule has 0 saturated heterocycles. The summed E-state index contributed by atoms with van der Waals surface area (Å²) < 4.78 is 0. The molecule has 16 heavy (non-hydrogen) atoms. The molecule has 0 spiro atoms. The monoisotopic (exact) mass is 340 g/mol. The van der Waals surface area contributed by atoms with Gasteiger partial charge in [-0.2, -0.15) is 7.05 Å². The van der Waals surface area contributed by atoms with Gasteiger partial charge in [-0.05, 0) is 52.1 Å². The van der Waals surface area contributed by atoms with Gasteiger partial charge in [0.1, 0.15) is 0 Å². The normalized spacial score (nSPS) is 14.6. The van der Waals surface area contributed by atoms with Crippen molar-refractivity contribution in [2.45, 2.75) is 12.8 Å². The molecule has 1 N–H and O–H groups in total. The van der Waals surface area contributed by atoms with E-state index in [0.717, 1.165) is 6.54 Å². The Hall–Kier alpha value is 1.38. The van der Waals surface area contributed by atoms with Gasteiger partial charge < -0.3 is 10.6 Å². The average molecular weight is 342 g/mol. The second kappa shape index (κ2) is 18.7. The topological polar surface area (TPSA) is 26.1 Å². The van der Waals surface area contributed by atoms with Crippen LogP contribution in [0.2, 0.25) is 0 Å². The van der Waals surface area contributed by atoms with Gasteiger partial charge in [-0.1, -0.05) is 6.42 Å². The predicted octanol–water partition coefficient (Wildman–Crippen LogP) is 3.39. The number of nitrogens with zero attached hydrogens (tertiary/aromatic N) is 1. The van der Waals surface area contributed by atoms with Crippen LogP contribution in [0.3, 0.4) is 0 Å². The van der Waals surface area contributed by atoms with Crippen molar-refractivity contribution >= 4 is 17.0 Å². The van der Waals surface area contributed by atoms with Gasteiger partial charge in [0.25, 0.3) is 0 Å². The molecule has 1 fully saturated rings. The number of hydrogen-bond donors (Lipinski definition) is 1. The van der Waals surface area contributed by atoms with Crippen LogP contribution in [0.5, 0.6) is 0 Å². The molecular weight excluding hydrogens is 322 g/mol. The third-order valence-corrected chi connectivity index (χ3v) is 1.58. The molecule has 0 amide bonds. The van der Waals surface area contributed by atoms with Crippen molar-refractivity contribution in [2.24, 2.45) is 0 Å². The van der Waals surface area contributed by atoms with Gasteiger partial charge >= 0.3 is 37.9 Å². The first-order chi connectivity index (χ1) is 7.76. The van der Waals surface area contributed by atoms with Gasteiger partial charge in [0.15, 0.2) is 0 Å². The number of rotatable bonds is 4. The van der Waals surface area contributed by atoms with E-state index in [9.17, 15) is 0 Å². The number of nitrogens with one attached hydrogen (secondary N) is 1. The molecule has 0 aromatic rings. The number of halogens is 2. The fourth-order valence-electron chi connectivity index (χ4n) is 1.02. The second-order valence-electron chi connectivity index (χ2n) is 3.01. The van der Waals surface area contributed by atoms with Crippen LogP contribution in [0.15, 0.2) is 0 Å². The molecule has 0 atom stereocenters. The molecule has 0 aromatic carbocycles. The summed E-state index contributed by atoms with van der Waals surface area (Å²) in [6, 6.07) is 0. The van der Waals surface area contributed by atoms with Gasteiger partial charge in [-0.15, -0.1) is 6.54 Å². The summed E-state index contributed by atoms with van der Waals surface area (Å²) in [4.78, 5) is 0. The van der Waals surface area contributed by atoms with Crippen LogP contribution in [0.25, 0.3) is 5.32 Å². The zero-order chi connectivity index (χ0) is 12.6. The molecule has 0 unspecified atom stereocenters. The summed E-state index contributed by atoms with van der Waals surface area (Å²) in [6.45, 7) is 0.991. The molecule has 2 nitrogen and oxygen atoms in total. The van der Waals surface area contributed by atoms with Crippen molar-refractivity contribution in [2.75, 3.05) is 27.7 Å². The summed E-state index contributed by atoms with van der Waals surface area (Å²) in [5.74, 6) is 1.43. The fourth-order valence-corrected chi connectivity index (χ4v) is 1.02. The Balaban J connectivity index is 0. The van der Waals surface area contributed by atoms with Crippen molar-refractivity contribution in [3.8, 4) is 0 Å². The fraction of sp³-hybridized carbons (Fsp3) is 0.545. The molecule has 1 aliphatic rings. The summed E-state index contributed by atoms with van der Waals surface area (Å²) >= 11 is -0.826. The van der Waals surface area contributed by atoms with E-state index in [-0.39, 0.29) is 0 Å². The molecule has 0 aliphatic heterocycles. The zero-order valence-corrected chi connectivity index (χ0v) is 14.1. The Morgan fingerprint density at radius 1 is 1.25 bits per heavy atom. The molecule has 1 aliphatic carbocycles. The third kappa shape index (κ3) is 17.8. The predicted molar refractivity (Wildman–Crippen MR) is 70.5 cm³/mol. The van der Waals surface area contributed by atoms with E-state index in [0.29, 0.717) is 0 Å². The quantitative estimate of drug-likeness (QED) is 0.779. The summed E-state index contributed by atoms with van der Waals surface area (Å²) in [7, 11) is 15.5. The Kier molecular flexibility index (Phi) is 23.1. The Morgan fingerprint density at radius 2 is 1.69 bits per heavy atom. The Morgan fingerprint density at radius 3 is 2.06 bits per heavy atom. The van der Waals surface area contributed by atoms with Crippen LogP contribution < -0.4 is 5.32 Å². The molecule has 0 bridgehead atoms. The third-order valence-electron chi connectivity index (χ3n) is 1.58. The van der Waals surface area contributed by atoms with Crippen LogP contribution in [0, 0.1) is 31.6 Å². The van der Waals surface area contributed by atoms with Crippen molar-refractivity contribution in [1.29, 1.82) is 0 Å². The first-order valence-corrected chi connectivity index (χ1v) is 11.4. The van der Waals surface area contributed by atoms with Crippen LogP contribution in [-0.2, 0) is 20.8 Å². The Labute approximate surface area is 120 Å². The molecule has 1 saturated carbocycles. The van der Waals surface area contributed by atoms with Crippen molar-refractivity contribution in [3.63, 3.8) is 0 Å². The Bertz CT molecular complexity index is 110. The van der Waals surface area contributed by atoms with E-state index in [2.05, 4.69) is 36.3 Å². The van der Waals surface area contributed by atoms with E-state index in [1.807, 2.05) is 21.1 Å². The maximum absolute atomic E-state index is 4.93. The standard InChI is InChI=1S/C9H13N.C2H7N.2ClH.Zr/c1-10-8-4-7-9-5-2-3-6-9;1-3-2;;;/h2-3,5-6H,4,7-8H2,1H3;3H,1-2H3;2*1H;/q-1;;;;+2/p-2. The van der Waals surface area contributed by atoms with E-state index >= 15 is 0 Å². The SMILES string of the molecule is CNC.C[N-]CCC[C]1[CH][CH][CH][CH]1.[Cl][Zr][Cl]. The van der Waals surface area contributed by atoms with E-state index < -0.39 is 20.8 Å². The first kappa shape index (κ1) is 19.7. The van der Waals surface area contributed by atoms with Crippen LogP contribution in [0.4, 0.5) is 0 Å².